The number of amides is 1. The van der Waals surface area contributed by atoms with Crippen LogP contribution in [-0.4, -0.2) is 41.1 Å². The Morgan fingerprint density at radius 3 is 2.82 bits per heavy atom. The first-order chi connectivity index (χ1) is 16.2. The molecule has 10 nitrogen and oxygen atoms in total. The Morgan fingerprint density at radius 2 is 1.91 bits per heavy atom. The molecule has 160 valence electrons. The smallest absolute Gasteiger partial charge is 0.259 e. The van der Waals surface area contributed by atoms with E-state index in [1.165, 1.54) is 12.4 Å². The van der Waals surface area contributed by atoms with E-state index in [2.05, 4.69) is 36.0 Å². The van der Waals surface area contributed by atoms with E-state index in [9.17, 15) is 4.79 Å². The number of hydrogen-bond acceptors (Lipinski definition) is 6. The van der Waals surface area contributed by atoms with Gasteiger partial charge in [0.25, 0.3) is 5.91 Å². The molecule has 0 aliphatic heterocycles. The van der Waals surface area contributed by atoms with Gasteiger partial charge in [0.05, 0.1) is 29.0 Å². The first-order valence-corrected chi connectivity index (χ1v) is 10.2. The van der Waals surface area contributed by atoms with Crippen molar-refractivity contribution in [3.63, 3.8) is 0 Å². The lowest BCUT2D eigenvalue weighted by atomic mass is 10.2. The summed E-state index contributed by atoms with van der Waals surface area (Å²) in [6.07, 6.45) is 4.77. The minimum absolute atomic E-state index is 0.296. The number of hydrogen-bond donors (Lipinski definition) is 4. The molecular weight excluding hydrogens is 418 g/mol. The average Bonchev–Trinajstić information content (AvgIpc) is 3.60. The molecule has 1 amide bonds. The summed E-state index contributed by atoms with van der Waals surface area (Å²) in [5, 5.41) is 26.4. The first-order valence-electron chi connectivity index (χ1n) is 10.2. The summed E-state index contributed by atoms with van der Waals surface area (Å²) >= 11 is 0. The molecule has 0 spiro atoms. The van der Waals surface area contributed by atoms with Gasteiger partial charge in [-0.2, -0.15) is 10.2 Å². The lowest BCUT2D eigenvalue weighted by Gasteiger charge is -2.07. The molecule has 0 bridgehead atoms. The Balaban J connectivity index is 1.36. The van der Waals surface area contributed by atoms with Gasteiger partial charge in [-0.15, -0.1) is 5.10 Å². The number of para-hydroxylation sites is 1. The van der Waals surface area contributed by atoms with Gasteiger partial charge in [0, 0.05) is 22.7 Å². The molecule has 0 saturated heterocycles. The van der Waals surface area contributed by atoms with Gasteiger partial charge in [0.2, 0.25) is 0 Å². The second-order valence-electron chi connectivity index (χ2n) is 7.40. The number of carbonyl (C=O) groups excluding carboxylic acids is 1. The number of aromatic amines is 2. The highest BCUT2D eigenvalue weighted by Gasteiger charge is 2.14. The molecule has 4 N–H and O–H groups in total. The predicted molar refractivity (Wildman–Crippen MR) is 125 cm³/mol. The minimum atomic E-state index is -0.296. The highest BCUT2D eigenvalue weighted by atomic mass is 16.1. The molecule has 0 unspecified atom stereocenters. The molecule has 0 atom stereocenters. The van der Waals surface area contributed by atoms with Crippen molar-refractivity contribution < 1.29 is 4.79 Å². The molecule has 2 aromatic carbocycles. The Bertz CT molecular complexity index is 1600. The molecule has 33 heavy (non-hydrogen) atoms. The van der Waals surface area contributed by atoms with Crippen LogP contribution in [0, 0.1) is 0 Å². The van der Waals surface area contributed by atoms with E-state index in [0.717, 1.165) is 27.5 Å². The normalized spacial score (nSPS) is 11.2. The van der Waals surface area contributed by atoms with Crippen molar-refractivity contribution in [3.8, 4) is 5.82 Å². The summed E-state index contributed by atoms with van der Waals surface area (Å²) in [5.41, 5.74) is 3.17. The van der Waals surface area contributed by atoms with Gasteiger partial charge in [0.1, 0.15) is 5.82 Å². The van der Waals surface area contributed by atoms with E-state index >= 15 is 0 Å². The predicted octanol–water partition coefficient (Wildman–Crippen LogP) is 4.02. The third-order valence-corrected chi connectivity index (χ3v) is 5.24. The molecule has 10 heteroatoms. The van der Waals surface area contributed by atoms with Crippen LogP contribution in [0.1, 0.15) is 10.4 Å². The van der Waals surface area contributed by atoms with E-state index in [1.54, 1.807) is 16.9 Å². The summed E-state index contributed by atoms with van der Waals surface area (Å²) in [6.45, 7) is 0. The number of rotatable bonds is 5. The number of H-pyrrole nitrogens is 2. The van der Waals surface area contributed by atoms with E-state index in [0.29, 0.717) is 23.0 Å². The number of fused-ring (bicyclic) bond motifs is 2. The summed E-state index contributed by atoms with van der Waals surface area (Å²) in [4.78, 5) is 17.0. The number of carbonyl (C=O) groups is 1. The zero-order chi connectivity index (χ0) is 22.2. The van der Waals surface area contributed by atoms with Gasteiger partial charge < -0.3 is 10.6 Å². The van der Waals surface area contributed by atoms with E-state index in [-0.39, 0.29) is 5.91 Å². The third-order valence-electron chi connectivity index (χ3n) is 5.24. The number of pyridine rings is 1. The lowest BCUT2D eigenvalue weighted by Crippen LogP contribution is -2.13. The van der Waals surface area contributed by atoms with Gasteiger partial charge in [-0.3, -0.25) is 15.0 Å². The summed E-state index contributed by atoms with van der Waals surface area (Å²) in [6, 6.07) is 19.2. The van der Waals surface area contributed by atoms with Crippen LogP contribution in [0.25, 0.3) is 27.6 Å². The van der Waals surface area contributed by atoms with Crippen molar-refractivity contribution in [2.75, 3.05) is 10.6 Å². The van der Waals surface area contributed by atoms with Gasteiger partial charge in [-0.1, -0.05) is 18.2 Å². The molecule has 6 aromatic rings. The highest BCUT2D eigenvalue weighted by Crippen LogP contribution is 2.29. The molecule has 0 fully saturated rings. The standard InChI is InChI=1S/C23H17N9O/c33-23(15-12-24-25-13-15)29-20-6-3-7-21(28-20)32-19-5-2-1-4-17(19)22(31-32)27-16-8-9-18-14(10-16)11-26-30-18/h1-13H,(H,24,25)(H,26,30)(H,27,31)(H,28,29,33). The van der Waals surface area contributed by atoms with Crippen molar-refractivity contribution in [2.24, 2.45) is 0 Å². The van der Waals surface area contributed by atoms with Gasteiger partial charge >= 0.3 is 0 Å². The van der Waals surface area contributed by atoms with Crippen LogP contribution in [0.3, 0.4) is 0 Å². The summed E-state index contributed by atoms with van der Waals surface area (Å²) in [5.74, 6) is 1.39. The number of benzene rings is 2. The second kappa shape index (κ2) is 7.61. The van der Waals surface area contributed by atoms with Crippen LogP contribution >= 0.6 is 0 Å². The zero-order valence-electron chi connectivity index (χ0n) is 17.1. The molecule has 0 saturated carbocycles. The average molecular weight is 435 g/mol. The van der Waals surface area contributed by atoms with Gasteiger partial charge in [-0.25, -0.2) is 9.67 Å². The van der Waals surface area contributed by atoms with Crippen LogP contribution in [-0.2, 0) is 0 Å². The number of anilines is 3. The SMILES string of the molecule is O=C(Nc1cccc(-n2nc(Nc3ccc4[nH]ncc4c3)c3ccccc32)n1)c1cn[nH]c1. The Morgan fingerprint density at radius 1 is 0.970 bits per heavy atom. The van der Waals surface area contributed by atoms with Crippen LogP contribution in [0.5, 0.6) is 0 Å². The van der Waals surface area contributed by atoms with Crippen molar-refractivity contribution in [2.45, 2.75) is 0 Å². The van der Waals surface area contributed by atoms with Crippen molar-refractivity contribution in [3.05, 3.63) is 84.8 Å². The third kappa shape index (κ3) is 3.45. The largest absolute Gasteiger partial charge is 0.338 e. The Labute approximate surface area is 186 Å². The number of aromatic nitrogens is 7. The summed E-state index contributed by atoms with van der Waals surface area (Å²) in [7, 11) is 0. The zero-order valence-corrected chi connectivity index (χ0v) is 17.1. The number of nitrogens with one attached hydrogen (secondary N) is 4. The van der Waals surface area contributed by atoms with Crippen LogP contribution in [0.2, 0.25) is 0 Å². The summed E-state index contributed by atoms with van der Waals surface area (Å²) < 4.78 is 1.75. The molecule has 6 rings (SSSR count). The molecular formula is C23H17N9O. The van der Waals surface area contributed by atoms with Crippen LogP contribution < -0.4 is 10.6 Å². The van der Waals surface area contributed by atoms with E-state index in [4.69, 9.17) is 5.10 Å². The molecule has 0 radical (unpaired) electrons. The van der Waals surface area contributed by atoms with Crippen LogP contribution in [0.4, 0.5) is 17.3 Å². The molecule has 0 aliphatic carbocycles. The maximum Gasteiger partial charge on any atom is 0.259 e. The Kier molecular flexibility index (Phi) is 4.32. The van der Waals surface area contributed by atoms with Gasteiger partial charge in [-0.05, 0) is 42.5 Å². The topological polar surface area (TPSA) is 129 Å². The van der Waals surface area contributed by atoms with Crippen LogP contribution in [0.15, 0.2) is 79.3 Å². The quantitative estimate of drug-likeness (QED) is 0.324. The molecule has 4 heterocycles. The fraction of sp³-hybridized carbons (Fsp3) is 0. The van der Waals surface area contributed by atoms with Crippen molar-refractivity contribution in [1.82, 2.24) is 35.2 Å². The van der Waals surface area contributed by atoms with Crippen molar-refractivity contribution >= 4 is 45.0 Å². The van der Waals surface area contributed by atoms with Gasteiger partial charge in [0.15, 0.2) is 11.6 Å². The fourth-order valence-corrected chi connectivity index (χ4v) is 3.66. The molecule has 0 aliphatic rings. The molecule has 4 aromatic heterocycles. The Hall–Kier alpha value is -4.99. The number of nitrogens with zero attached hydrogens (tertiary/aromatic N) is 5. The lowest BCUT2D eigenvalue weighted by molar-refractivity contribution is 0.102. The van der Waals surface area contributed by atoms with E-state index in [1.807, 2.05) is 54.6 Å². The maximum absolute atomic E-state index is 12.4. The van der Waals surface area contributed by atoms with E-state index < -0.39 is 0 Å². The highest BCUT2D eigenvalue weighted by molar-refractivity contribution is 6.03. The first kappa shape index (κ1) is 18.8. The minimum Gasteiger partial charge on any atom is -0.338 e. The maximum atomic E-state index is 12.4. The second-order valence-corrected chi connectivity index (χ2v) is 7.40. The monoisotopic (exact) mass is 435 g/mol. The van der Waals surface area contributed by atoms with Crippen molar-refractivity contribution in [1.29, 1.82) is 0 Å². The fourth-order valence-electron chi connectivity index (χ4n) is 3.66.